The summed E-state index contributed by atoms with van der Waals surface area (Å²) in [5.74, 6) is -0.423. The number of carbonyl (C=O) groups is 4. The van der Waals surface area contributed by atoms with E-state index in [2.05, 4.69) is 5.32 Å². The number of fused-ring (bicyclic) bond motifs is 1. The average molecular weight is 489 g/mol. The summed E-state index contributed by atoms with van der Waals surface area (Å²) in [6.07, 6.45) is 3.20. The maximum atomic E-state index is 13.7. The Balaban J connectivity index is 1.31. The highest BCUT2D eigenvalue weighted by Crippen LogP contribution is 2.36. The maximum absolute atomic E-state index is 13.7. The summed E-state index contributed by atoms with van der Waals surface area (Å²) >= 11 is 0. The molecule has 1 saturated carbocycles. The largest absolute Gasteiger partial charge is 0.378 e. The van der Waals surface area contributed by atoms with E-state index in [9.17, 15) is 19.2 Å². The van der Waals surface area contributed by atoms with Crippen LogP contribution in [0.3, 0.4) is 0 Å². The number of benzene rings is 2. The Morgan fingerprint density at radius 2 is 1.64 bits per heavy atom. The lowest BCUT2D eigenvalue weighted by Gasteiger charge is -2.28. The summed E-state index contributed by atoms with van der Waals surface area (Å²) in [6.45, 7) is 0.401. The van der Waals surface area contributed by atoms with Crippen LogP contribution in [0.2, 0.25) is 0 Å². The molecule has 0 spiro atoms. The van der Waals surface area contributed by atoms with Gasteiger partial charge in [-0.15, -0.1) is 0 Å². The van der Waals surface area contributed by atoms with Crippen LogP contribution < -0.4 is 10.2 Å². The van der Waals surface area contributed by atoms with Crippen molar-refractivity contribution in [2.24, 2.45) is 5.92 Å². The van der Waals surface area contributed by atoms with Crippen molar-refractivity contribution in [3.8, 4) is 0 Å². The van der Waals surface area contributed by atoms with E-state index in [1.165, 1.54) is 0 Å². The molecule has 2 unspecified atom stereocenters. The Morgan fingerprint density at radius 3 is 2.28 bits per heavy atom. The molecule has 5 rings (SSSR count). The highest BCUT2D eigenvalue weighted by atomic mass is 16.2. The number of anilines is 1. The van der Waals surface area contributed by atoms with E-state index in [0.717, 1.165) is 18.5 Å². The van der Waals surface area contributed by atoms with E-state index in [1.807, 2.05) is 37.2 Å². The zero-order valence-electron chi connectivity index (χ0n) is 20.7. The molecule has 188 valence electrons. The molecule has 0 aromatic heterocycles. The monoisotopic (exact) mass is 488 g/mol. The second-order valence-electron chi connectivity index (χ2n) is 10.2. The number of ketones is 1. The van der Waals surface area contributed by atoms with Gasteiger partial charge in [-0.2, -0.15) is 0 Å². The number of amides is 3. The van der Waals surface area contributed by atoms with Gasteiger partial charge in [0.05, 0.1) is 12.6 Å². The second kappa shape index (κ2) is 9.76. The third-order valence-corrected chi connectivity index (χ3v) is 7.50. The number of rotatable bonds is 7. The van der Waals surface area contributed by atoms with Gasteiger partial charge in [-0.05, 0) is 55.2 Å². The standard InChI is InChI=1S/C28H32N4O4/c1-30(2)21-12-10-19(11-13-21)26(34)29-22(16-18-8-9-18)28(36)31-15-14-23-25(31)24(33)17-32(23)27(35)20-6-4-3-5-7-20/h3-7,10-13,18,22-23,25H,8-9,14-17H2,1-2H3,(H,29,34)/t22-,23?,25?/m0/s1. The van der Waals surface area contributed by atoms with Crippen molar-refractivity contribution in [2.45, 2.75) is 43.8 Å². The molecular weight excluding hydrogens is 456 g/mol. The van der Waals surface area contributed by atoms with Crippen LogP contribution in [0.5, 0.6) is 0 Å². The lowest BCUT2D eigenvalue weighted by Crippen LogP contribution is -2.52. The lowest BCUT2D eigenvalue weighted by molar-refractivity contribution is -0.138. The molecule has 3 atom stereocenters. The Bertz CT molecular complexity index is 1160. The van der Waals surface area contributed by atoms with Gasteiger partial charge in [-0.25, -0.2) is 0 Å². The molecule has 2 aliphatic heterocycles. The summed E-state index contributed by atoms with van der Waals surface area (Å²) in [5.41, 5.74) is 2.01. The third-order valence-electron chi connectivity index (χ3n) is 7.50. The predicted octanol–water partition coefficient (Wildman–Crippen LogP) is 2.35. The van der Waals surface area contributed by atoms with Crippen molar-refractivity contribution in [2.75, 3.05) is 32.1 Å². The average Bonchev–Trinajstić information content (AvgIpc) is 3.50. The van der Waals surface area contributed by atoms with Crippen LogP contribution in [0.25, 0.3) is 0 Å². The second-order valence-corrected chi connectivity index (χ2v) is 10.2. The first kappa shape index (κ1) is 24.0. The van der Waals surface area contributed by atoms with Crippen molar-refractivity contribution < 1.29 is 19.2 Å². The Kier molecular flexibility index (Phi) is 6.51. The van der Waals surface area contributed by atoms with Crippen LogP contribution in [-0.4, -0.2) is 78.6 Å². The molecule has 8 nitrogen and oxygen atoms in total. The minimum absolute atomic E-state index is 0.00468. The first-order chi connectivity index (χ1) is 17.3. The van der Waals surface area contributed by atoms with Crippen molar-refractivity contribution in [1.82, 2.24) is 15.1 Å². The molecular formula is C28H32N4O4. The Labute approximate surface area is 211 Å². The lowest BCUT2D eigenvalue weighted by atomic mass is 10.1. The fourth-order valence-electron chi connectivity index (χ4n) is 5.35. The first-order valence-electron chi connectivity index (χ1n) is 12.6. The number of hydrogen-bond acceptors (Lipinski definition) is 5. The first-order valence-corrected chi connectivity index (χ1v) is 12.6. The minimum atomic E-state index is -0.691. The number of nitrogens with zero attached hydrogens (tertiary/aromatic N) is 3. The summed E-state index contributed by atoms with van der Waals surface area (Å²) in [4.78, 5) is 58.0. The van der Waals surface area contributed by atoms with Gasteiger partial charge in [0.1, 0.15) is 12.1 Å². The molecule has 8 heteroatoms. The topological polar surface area (TPSA) is 90.0 Å². The van der Waals surface area contributed by atoms with E-state index >= 15 is 0 Å². The van der Waals surface area contributed by atoms with Crippen molar-refractivity contribution in [1.29, 1.82) is 0 Å². The molecule has 1 N–H and O–H groups in total. The molecule has 2 saturated heterocycles. The normalized spacial score (nSPS) is 21.8. The van der Waals surface area contributed by atoms with Crippen molar-refractivity contribution >= 4 is 29.2 Å². The van der Waals surface area contributed by atoms with E-state index < -0.39 is 12.1 Å². The summed E-state index contributed by atoms with van der Waals surface area (Å²) in [5, 5.41) is 2.95. The molecule has 3 fully saturated rings. The van der Waals surface area contributed by atoms with E-state index in [1.54, 1.807) is 46.2 Å². The van der Waals surface area contributed by atoms with Crippen LogP contribution in [-0.2, 0) is 9.59 Å². The zero-order chi connectivity index (χ0) is 25.4. The highest BCUT2D eigenvalue weighted by molar-refractivity contribution is 6.03. The van der Waals surface area contributed by atoms with Crippen LogP contribution in [0, 0.1) is 5.92 Å². The van der Waals surface area contributed by atoms with Crippen molar-refractivity contribution in [3.05, 3.63) is 65.7 Å². The van der Waals surface area contributed by atoms with E-state index in [0.29, 0.717) is 36.4 Å². The molecule has 36 heavy (non-hydrogen) atoms. The quantitative estimate of drug-likeness (QED) is 0.646. The maximum Gasteiger partial charge on any atom is 0.254 e. The molecule has 3 amide bonds. The molecule has 0 bridgehead atoms. The van der Waals surface area contributed by atoms with Crippen LogP contribution >= 0.6 is 0 Å². The van der Waals surface area contributed by atoms with E-state index in [4.69, 9.17) is 0 Å². The minimum Gasteiger partial charge on any atom is -0.378 e. The van der Waals surface area contributed by atoms with Gasteiger partial charge >= 0.3 is 0 Å². The summed E-state index contributed by atoms with van der Waals surface area (Å²) in [7, 11) is 3.86. The predicted molar refractivity (Wildman–Crippen MR) is 136 cm³/mol. The van der Waals surface area contributed by atoms with Crippen LogP contribution in [0.15, 0.2) is 54.6 Å². The van der Waals surface area contributed by atoms with Gasteiger partial charge in [0.2, 0.25) is 5.91 Å². The SMILES string of the molecule is CN(C)c1ccc(C(=O)N[C@@H](CC2CC2)C(=O)N2CCC3C2C(=O)CN3C(=O)c2ccccc2)cc1. The Hall–Kier alpha value is -3.68. The number of hydrogen-bond donors (Lipinski definition) is 1. The van der Waals surface area contributed by atoms with Gasteiger partial charge in [0.15, 0.2) is 5.78 Å². The zero-order valence-corrected chi connectivity index (χ0v) is 20.7. The molecule has 2 heterocycles. The van der Waals surface area contributed by atoms with Gasteiger partial charge < -0.3 is 20.0 Å². The summed E-state index contributed by atoms with van der Waals surface area (Å²) < 4.78 is 0. The molecule has 3 aliphatic rings. The van der Waals surface area contributed by atoms with Crippen LogP contribution in [0.4, 0.5) is 5.69 Å². The van der Waals surface area contributed by atoms with Crippen LogP contribution in [0.1, 0.15) is 46.4 Å². The number of likely N-dealkylation sites (tertiary alicyclic amines) is 2. The number of Topliss-reactive ketones (excluding diaryl/α,β-unsaturated/α-hetero) is 1. The fraction of sp³-hybridized carbons (Fsp3) is 0.429. The Morgan fingerprint density at radius 1 is 0.944 bits per heavy atom. The molecule has 1 aliphatic carbocycles. The van der Waals surface area contributed by atoms with E-state index in [-0.39, 0.29) is 36.1 Å². The van der Waals surface area contributed by atoms with Gasteiger partial charge in [-0.1, -0.05) is 31.0 Å². The molecule has 2 aromatic carbocycles. The highest BCUT2D eigenvalue weighted by Gasteiger charge is 2.52. The van der Waals surface area contributed by atoms with Gasteiger partial charge in [-0.3, -0.25) is 19.2 Å². The van der Waals surface area contributed by atoms with Gasteiger partial charge in [0, 0.05) is 37.5 Å². The number of carbonyl (C=O) groups excluding carboxylic acids is 4. The fourth-order valence-corrected chi connectivity index (χ4v) is 5.35. The van der Waals surface area contributed by atoms with Crippen molar-refractivity contribution in [3.63, 3.8) is 0 Å². The number of nitrogens with one attached hydrogen (secondary N) is 1. The van der Waals surface area contributed by atoms with Gasteiger partial charge in [0.25, 0.3) is 11.8 Å². The molecule has 0 radical (unpaired) electrons. The third kappa shape index (κ3) is 4.72. The molecule has 2 aromatic rings. The summed E-state index contributed by atoms with van der Waals surface area (Å²) in [6, 6.07) is 14.5. The smallest absolute Gasteiger partial charge is 0.254 e.